The van der Waals surface area contributed by atoms with E-state index in [1.54, 1.807) is 0 Å². The van der Waals surface area contributed by atoms with Crippen molar-refractivity contribution in [3.8, 4) is 0 Å². The van der Waals surface area contributed by atoms with Crippen LogP contribution in [0.3, 0.4) is 0 Å². The molecule has 82 valence electrons. The summed E-state index contributed by atoms with van der Waals surface area (Å²) in [5.41, 5.74) is 4.00. The van der Waals surface area contributed by atoms with Gasteiger partial charge in [-0.1, -0.05) is 11.6 Å². The first kappa shape index (κ1) is 11.4. The van der Waals surface area contributed by atoms with Crippen LogP contribution in [0.4, 0.5) is 24.7 Å². The Morgan fingerprint density at radius 2 is 1.93 bits per heavy atom. The van der Waals surface area contributed by atoms with Gasteiger partial charge in [0, 0.05) is 0 Å². The maximum absolute atomic E-state index is 12.1. The van der Waals surface area contributed by atoms with E-state index in [9.17, 15) is 23.3 Å². The maximum Gasteiger partial charge on any atom is 0.451 e. The smallest absolute Gasteiger partial charge is 0.378 e. The highest BCUT2D eigenvalue weighted by molar-refractivity contribution is 6.31. The Morgan fingerprint density at radius 1 is 1.40 bits per heavy atom. The Kier molecular flexibility index (Phi) is 2.67. The molecule has 0 amide bonds. The fourth-order valence-corrected chi connectivity index (χ4v) is 0.985. The number of hydrogen-bond donors (Lipinski definition) is 1. The van der Waals surface area contributed by atoms with Crippen molar-refractivity contribution < 1.29 is 18.1 Å². The van der Waals surface area contributed by atoms with Crippen molar-refractivity contribution in [2.45, 2.75) is 6.18 Å². The van der Waals surface area contributed by atoms with Crippen molar-refractivity contribution in [2.24, 2.45) is 0 Å². The lowest BCUT2D eigenvalue weighted by atomic mass is 10.4. The summed E-state index contributed by atoms with van der Waals surface area (Å²) in [6.07, 6.45) is -4.85. The second kappa shape index (κ2) is 3.50. The van der Waals surface area contributed by atoms with Gasteiger partial charge in [-0.2, -0.15) is 13.2 Å². The van der Waals surface area contributed by atoms with Gasteiger partial charge in [0.15, 0.2) is 0 Å². The fraction of sp³-hybridized carbons (Fsp3) is 0.200. The number of alkyl halides is 3. The monoisotopic (exact) mass is 242 g/mol. The molecule has 2 N–H and O–H groups in total. The predicted octanol–water partition coefficient (Wildman–Crippen LogP) is 1.64. The van der Waals surface area contributed by atoms with Crippen LogP contribution < -0.4 is 5.73 Å². The Morgan fingerprint density at radius 3 is 2.27 bits per heavy atom. The summed E-state index contributed by atoms with van der Waals surface area (Å²) in [7, 11) is 0. The Balaban J connectivity index is 3.39. The largest absolute Gasteiger partial charge is 0.451 e. The normalized spacial score (nSPS) is 11.5. The Bertz CT molecular complexity index is 398. The van der Waals surface area contributed by atoms with Crippen molar-refractivity contribution in [3.05, 3.63) is 21.1 Å². The zero-order valence-corrected chi connectivity index (χ0v) is 7.50. The topological polar surface area (TPSA) is 94.9 Å². The van der Waals surface area contributed by atoms with Gasteiger partial charge in [0.25, 0.3) is 0 Å². The number of nitrogen functional groups attached to an aromatic ring is 1. The van der Waals surface area contributed by atoms with Gasteiger partial charge in [-0.3, -0.25) is 10.1 Å². The standard InChI is InChI=1S/C5H2ClF3N4O2/c6-2-1(13(14)15)3(10)12-4(11-2)5(7,8)9/h(H2,10,11,12). The third-order valence-electron chi connectivity index (χ3n) is 1.30. The maximum atomic E-state index is 12.1. The van der Waals surface area contributed by atoms with Crippen LogP contribution in [0, 0.1) is 10.1 Å². The summed E-state index contributed by atoms with van der Waals surface area (Å²) in [6, 6.07) is 0. The number of aromatic nitrogens is 2. The molecule has 0 bridgehead atoms. The lowest BCUT2D eigenvalue weighted by Gasteiger charge is -2.05. The van der Waals surface area contributed by atoms with Gasteiger partial charge in [0.2, 0.25) is 16.8 Å². The number of rotatable bonds is 1. The zero-order chi connectivity index (χ0) is 11.8. The third kappa shape index (κ3) is 2.24. The van der Waals surface area contributed by atoms with Crippen LogP contribution in [-0.4, -0.2) is 14.9 Å². The molecule has 15 heavy (non-hydrogen) atoms. The number of halogens is 4. The molecule has 0 aromatic carbocycles. The van der Waals surface area contributed by atoms with Crippen molar-refractivity contribution in [2.75, 3.05) is 5.73 Å². The molecule has 6 nitrogen and oxygen atoms in total. The summed E-state index contributed by atoms with van der Waals surface area (Å²) in [5.74, 6) is -2.54. The lowest BCUT2D eigenvalue weighted by Crippen LogP contribution is -2.14. The third-order valence-corrected chi connectivity index (χ3v) is 1.57. The van der Waals surface area contributed by atoms with E-state index in [0.29, 0.717) is 0 Å². The van der Waals surface area contributed by atoms with Crippen molar-refractivity contribution >= 4 is 23.1 Å². The number of nitro groups is 1. The molecule has 1 heterocycles. The van der Waals surface area contributed by atoms with Gasteiger partial charge in [-0.05, 0) is 0 Å². The van der Waals surface area contributed by atoms with E-state index < -0.39 is 33.6 Å². The van der Waals surface area contributed by atoms with Crippen LogP contribution in [0.2, 0.25) is 5.15 Å². The van der Waals surface area contributed by atoms with Gasteiger partial charge in [0.05, 0.1) is 4.92 Å². The summed E-state index contributed by atoms with van der Waals surface area (Å²) < 4.78 is 36.2. The molecule has 0 fully saturated rings. The SMILES string of the molecule is Nc1nc(C(F)(F)F)nc(Cl)c1[N+](=O)[O-]. The fourth-order valence-electron chi connectivity index (χ4n) is 0.739. The highest BCUT2D eigenvalue weighted by Crippen LogP contribution is 2.33. The molecule has 1 aromatic rings. The van der Waals surface area contributed by atoms with Crippen LogP contribution >= 0.6 is 11.6 Å². The molecule has 0 aliphatic heterocycles. The molecule has 10 heteroatoms. The van der Waals surface area contributed by atoms with Gasteiger partial charge in [-0.15, -0.1) is 0 Å². The second-order valence-electron chi connectivity index (χ2n) is 2.33. The van der Waals surface area contributed by atoms with Gasteiger partial charge < -0.3 is 5.73 Å². The summed E-state index contributed by atoms with van der Waals surface area (Å²) in [5, 5.41) is 9.34. The molecule has 1 aromatic heterocycles. The minimum Gasteiger partial charge on any atom is -0.378 e. The number of hydrogen-bond acceptors (Lipinski definition) is 5. The van der Waals surface area contributed by atoms with E-state index in [-0.39, 0.29) is 0 Å². The van der Waals surface area contributed by atoms with E-state index in [0.717, 1.165) is 0 Å². The van der Waals surface area contributed by atoms with Gasteiger partial charge >= 0.3 is 11.9 Å². The second-order valence-corrected chi connectivity index (χ2v) is 2.68. The first-order valence-electron chi connectivity index (χ1n) is 3.28. The van der Waals surface area contributed by atoms with E-state index >= 15 is 0 Å². The molecule has 0 aliphatic carbocycles. The molecule has 0 aliphatic rings. The predicted molar refractivity (Wildman–Crippen MR) is 43.1 cm³/mol. The molecule has 0 atom stereocenters. The van der Waals surface area contributed by atoms with Crippen LogP contribution in [-0.2, 0) is 6.18 Å². The molecular formula is C5H2ClF3N4O2. The van der Waals surface area contributed by atoms with Crippen LogP contribution in [0.1, 0.15) is 5.82 Å². The average Bonchev–Trinajstić information content (AvgIpc) is 1.99. The van der Waals surface area contributed by atoms with Crippen molar-refractivity contribution in [1.29, 1.82) is 0 Å². The number of anilines is 1. The van der Waals surface area contributed by atoms with E-state index in [2.05, 4.69) is 9.97 Å². The van der Waals surface area contributed by atoms with Crippen molar-refractivity contribution in [3.63, 3.8) is 0 Å². The van der Waals surface area contributed by atoms with Gasteiger partial charge in [0.1, 0.15) is 0 Å². The zero-order valence-electron chi connectivity index (χ0n) is 6.75. The summed E-state index contributed by atoms with van der Waals surface area (Å²) >= 11 is 5.16. The summed E-state index contributed by atoms with van der Waals surface area (Å²) in [4.78, 5) is 14.7. The minimum atomic E-state index is -4.85. The molecule has 1 rings (SSSR count). The van der Waals surface area contributed by atoms with Crippen molar-refractivity contribution in [1.82, 2.24) is 9.97 Å². The Hall–Kier alpha value is -1.64. The first-order valence-corrected chi connectivity index (χ1v) is 3.66. The quantitative estimate of drug-likeness (QED) is 0.459. The first-order chi connectivity index (χ1) is 6.73. The minimum absolute atomic E-state index is 0.924. The Labute approximate surface area is 85.0 Å². The van der Waals surface area contributed by atoms with Crippen LogP contribution in [0.25, 0.3) is 0 Å². The molecule has 0 unspecified atom stereocenters. The molecule has 0 saturated heterocycles. The van der Waals surface area contributed by atoms with Gasteiger partial charge in [-0.25, -0.2) is 9.97 Å². The van der Waals surface area contributed by atoms with E-state index in [4.69, 9.17) is 17.3 Å². The lowest BCUT2D eigenvalue weighted by molar-refractivity contribution is -0.384. The molecule has 0 spiro atoms. The highest BCUT2D eigenvalue weighted by atomic mass is 35.5. The number of nitrogens with zero attached hydrogens (tertiary/aromatic N) is 3. The van der Waals surface area contributed by atoms with Crippen LogP contribution in [0.15, 0.2) is 0 Å². The van der Waals surface area contributed by atoms with E-state index in [1.165, 1.54) is 0 Å². The van der Waals surface area contributed by atoms with Crippen LogP contribution in [0.5, 0.6) is 0 Å². The molecular weight excluding hydrogens is 241 g/mol. The number of nitrogens with two attached hydrogens (primary N) is 1. The molecule has 0 saturated carbocycles. The highest BCUT2D eigenvalue weighted by Gasteiger charge is 2.37. The van der Waals surface area contributed by atoms with E-state index in [1.807, 2.05) is 0 Å². The molecule has 0 radical (unpaired) electrons. The average molecular weight is 243 g/mol. The summed E-state index contributed by atoms with van der Waals surface area (Å²) in [6.45, 7) is 0.